The minimum atomic E-state index is -0.729. The molecular formula is C22H35N3O2S2. The van der Waals surface area contributed by atoms with Gasteiger partial charge in [-0.05, 0) is 44.4 Å². The van der Waals surface area contributed by atoms with E-state index in [1.165, 1.54) is 17.1 Å². The van der Waals surface area contributed by atoms with Gasteiger partial charge in [0.2, 0.25) is 0 Å². The lowest BCUT2D eigenvalue weighted by atomic mass is 10.00. The largest absolute Gasteiger partial charge is 0.389 e. The van der Waals surface area contributed by atoms with Gasteiger partial charge in [0.1, 0.15) is 0 Å². The van der Waals surface area contributed by atoms with Crippen molar-refractivity contribution in [3.63, 3.8) is 0 Å². The molecule has 3 rings (SSSR count). The maximum Gasteiger partial charge on any atom is 0.322 e. The molecule has 2 aliphatic heterocycles. The molecule has 29 heavy (non-hydrogen) atoms. The highest BCUT2D eigenvalue weighted by Gasteiger charge is 2.36. The Kier molecular flexibility index (Phi) is 7.81. The molecule has 7 heteroatoms. The summed E-state index contributed by atoms with van der Waals surface area (Å²) in [6.45, 7) is 10.1. The summed E-state index contributed by atoms with van der Waals surface area (Å²) in [5.74, 6) is 2.38. The van der Waals surface area contributed by atoms with Crippen LogP contribution in [0.2, 0.25) is 0 Å². The number of nitrogens with zero attached hydrogens (tertiary/aromatic N) is 2. The first kappa shape index (κ1) is 22.8. The number of anilines is 1. The molecule has 2 atom stereocenters. The highest BCUT2D eigenvalue weighted by Crippen LogP contribution is 2.45. The predicted octanol–water partition coefficient (Wildman–Crippen LogP) is 4.64. The zero-order valence-corrected chi connectivity index (χ0v) is 19.7. The molecule has 0 bridgehead atoms. The van der Waals surface area contributed by atoms with Crippen molar-refractivity contribution in [2.75, 3.05) is 36.5 Å². The highest BCUT2D eigenvalue weighted by molar-refractivity contribution is 8.19. The van der Waals surface area contributed by atoms with E-state index in [1.54, 1.807) is 0 Å². The summed E-state index contributed by atoms with van der Waals surface area (Å²) in [5, 5.41) is 13.4. The summed E-state index contributed by atoms with van der Waals surface area (Å²) >= 11 is 3.95. The van der Waals surface area contributed by atoms with Crippen LogP contribution in [0.25, 0.3) is 0 Å². The lowest BCUT2D eigenvalue weighted by Crippen LogP contribution is -2.62. The van der Waals surface area contributed by atoms with Crippen molar-refractivity contribution in [3.05, 3.63) is 29.8 Å². The summed E-state index contributed by atoms with van der Waals surface area (Å²) in [5.41, 5.74) is 1.43. The van der Waals surface area contributed by atoms with Crippen LogP contribution < -0.4 is 5.32 Å². The number of aliphatic hydroxyl groups is 1. The monoisotopic (exact) mass is 437 g/mol. The summed E-state index contributed by atoms with van der Waals surface area (Å²) in [7, 11) is 0. The second-order valence-electron chi connectivity index (χ2n) is 8.65. The predicted molar refractivity (Wildman–Crippen MR) is 126 cm³/mol. The molecule has 162 valence electrons. The van der Waals surface area contributed by atoms with Crippen molar-refractivity contribution < 1.29 is 9.90 Å². The van der Waals surface area contributed by atoms with Crippen LogP contribution in [0, 0.1) is 0 Å². The third-order valence-electron chi connectivity index (χ3n) is 5.64. The lowest BCUT2D eigenvalue weighted by Gasteiger charge is -2.47. The Hall–Kier alpha value is -0.890. The standard InChI is InChI=1S/C22H35N3O2S2/c1-5-18-14-25(19(6-2)13-24(18)15-22(3,4)27)21(26)23-17-9-7-8-16(12-17)20-28-10-11-29-20/h7-9,12,18-20,27H,5-6,10-11,13-15H2,1-4H3,(H,23,26). The maximum atomic E-state index is 13.2. The molecule has 2 heterocycles. The van der Waals surface area contributed by atoms with Crippen LogP contribution in [0.3, 0.4) is 0 Å². The van der Waals surface area contributed by atoms with Crippen molar-refractivity contribution in [2.45, 2.75) is 62.8 Å². The van der Waals surface area contributed by atoms with E-state index in [0.717, 1.165) is 25.1 Å². The Labute approximate surface area is 184 Å². The van der Waals surface area contributed by atoms with E-state index >= 15 is 0 Å². The first-order valence-electron chi connectivity index (χ1n) is 10.7. The molecule has 1 aromatic rings. The number of thioether (sulfide) groups is 2. The number of piperazine rings is 1. The maximum absolute atomic E-state index is 13.2. The summed E-state index contributed by atoms with van der Waals surface area (Å²) in [6.07, 6.45) is 1.86. The fourth-order valence-corrected chi connectivity index (χ4v) is 7.03. The van der Waals surface area contributed by atoms with E-state index in [2.05, 4.69) is 36.2 Å². The van der Waals surface area contributed by atoms with Crippen LogP contribution in [-0.4, -0.2) is 69.8 Å². The third kappa shape index (κ3) is 6.06. The second-order valence-corrected chi connectivity index (χ2v) is 11.4. The Bertz CT molecular complexity index is 689. The van der Waals surface area contributed by atoms with Crippen molar-refractivity contribution in [2.24, 2.45) is 0 Å². The Morgan fingerprint density at radius 2 is 1.86 bits per heavy atom. The van der Waals surface area contributed by atoms with E-state index in [-0.39, 0.29) is 18.1 Å². The molecule has 0 aromatic heterocycles. The molecule has 2 unspecified atom stereocenters. The fourth-order valence-electron chi connectivity index (χ4n) is 4.20. The van der Waals surface area contributed by atoms with Gasteiger partial charge >= 0.3 is 6.03 Å². The molecule has 0 spiro atoms. The average molecular weight is 438 g/mol. The van der Waals surface area contributed by atoms with Gasteiger partial charge in [-0.3, -0.25) is 4.90 Å². The van der Waals surface area contributed by atoms with E-state index in [0.29, 0.717) is 17.7 Å². The van der Waals surface area contributed by atoms with Crippen LogP contribution in [-0.2, 0) is 0 Å². The van der Waals surface area contributed by atoms with Gasteiger partial charge < -0.3 is 15.3 Å². The molecule has 2 aliphatic rings. The third-order valence-corrected chi connectivity index (χ3v) is 8.74. The van der Waals surface area contributed by atoms with Crippen LogP contribution in [0.1, 0.15) is 50.7 Å². The van der Waals surface area contributed by atoms with E-state index < -0.39 is 5.60 Å². The van der Waals surface area contributed by atoms with Gasteiger partial charge in [-0.2, -0.15) is 0 Å². The summed E-state index contributed by atoms with van der Waals surface area (Å²) in [4.78, 5) is 17.5. The second kappa shape index (κ2) is 9.94. The van der Waals surface area contributed by atoms with E-state index in [9.17, 15) is 9.90 Å². The van der Waals surface area contributed by atoms with Gasteiger partial charge in [0, 0.05) is 48.9 Å². The zero-order chi connectivity index (χ0) is 21.0. The summed E-state index contributed by atoms with van der Waals surface area (Å²) in [6, 6.07) is 8.71. The molecule has 1 aromatic carbocycles. The van der Waals surface area contributed by atoms with Crippen molar-refractivity contribution in [3.8, 4) is 0 Å². The number of rotatable bonds is 6. The number of hydrogen-bond donors (Lipinski definition) is 2. The molecule has 2 saturated heterocycles. The molecule has 0 radical (unpaired) electrons. The molecule has 5 nitrogen and oxygen atoms in total. The molecule has 0 saturated carbocycles. The Balaban J connectivity index is 1.68. The van der Waals surface area contributed by atoms with Crippen molar-refractivity contribution in [1.82, 2.24) is 9.80 Å². The number of carbonyl (C=O) groups excluding carboxylic acids is 1. The topological polar surface area (TPSA) is 55.8 Å². The first-order chi connectivity index (χ1) is 13.8. The highest BCUT2D eigenvalue weighted by atomic mass is 32.2. The quantitative estimate of drug-likeness (QED) is 0.679. The normalized spacial score (nSPS) is 24.1. The number of amides is 2. The van der Waals surface area contributed by atoms with Gasteiger partial charge in [-0.1, -0.05) is 26.0 Å². The minimum Gasteiger partial charge on any atom is -0.389 e. The number of urea groups is 1. The molecule has 0 aliphatic carbocycles. The number of nitrogens with one attached hydrogen (secondary N) is 1. The van der Waals surface area contributed by atoms with Crippen molar-refractivity contribution in [1.29, 1.82) is 0 Å². The smallest absolute Gasteiger partial charge is 0.322 e. The number of benzene rings is 1. The number of β-amino-alcohol motifs (C(OH)–C–C–N with tert-alkyl or cyclic N) is 1. The molecule has 2 N–H and O–H groups in total. The zero-order valence-electron chi connectivity index (χ0n) is 18.1. The van der Waals surface area contributed by atoms with Crippen LogP contribution >= 0.6 is 23.5 Å². The van der Waals surface area contributed by atoms with Gasteiger partial charge in [0.25, 0.3) is 0 Å². The fraction of sp³-hybridized carbons (Fsp3) is 0.682. The van der Waals surface area contributed by atoms with Crippen LogP contribution in [0.15, 0.2) is 24.3 Å². The molecule has 2 fully saturated rings. The van der Waals surface area contributed by atoms with E-state index in [4.69, 9.17) is 0 Å². The Morgan fingerprint density at radius 3 is 2.48 bits per heavy atom. The number of carbonyl (C=O) groups is 1. The van der Waals surface area contributed by atoms with E-state index in [1.807, 2.05) is 54.4 Å². The average Bonchev–Trinajstić information content (AvgIpc) is 3.21. The van der Waals surface area contributed by atoms with Crippen LogP contribution in [0.5, 0.6) is 0 Å². The van der Waals surface area contributed by atoms with Crippen molar-refractivity contribution >= 4 is 35.2 Å². The lowest BCUT2D eigenvalue weighted by molar-refractivity contribution is -0.0173. The van der Waals surface area contributed by atoms with Gasteiger partial charge in [-0.25, -0.2) is 4.79 Å². The SMILES string of the molecule is CCC1CN(C(=O)Nc2cccc(C3SCCS3)c2)C(CC)CN1CC(C)(C)O. The van der Waals surface area contributed by atoms with Gasteiger partial charge in [0.15, 0.2) is 0 Å². The Morgan fingerprint density at radius 1 is 1.17 bits per heavy atom. The van der Waals surface area contributed by atoms with Crippen LogP contribution in [0.4, 0.5) is 10.5 Å². The molecule has 2 amide bonds. The van der Waals surface area contributed by atoms with Gasteiger partial charge in [-0.15, -0.1) is 23.5 Å². The number of hydrogen-bond acceptors (Lipinski definition) is 5. The van der Waals surface area contributed by atoms with Gasteiger partial charge in [0.05, 0.1) is 10.2 Å². The first-order valence-corrected chi connectivity index (χ1v) is 12.8. The summed E-state index contributed by atoms with van der Waals surface area (Å²) < 4.78 is 0.477. The molecular weight excluding hydrogens is 402 g/mol. The minimum absolute atomic E-state index is 0.0120.